The monoisotopic (exact) mass is 248 g/mol. The molecule has 1 fully saturated rings. The predicted octanol–water partition coefficient (Wildman–Crippen LogP) is 1.39. The number of nitrogen functional groups attached to an aromatic ring is 1. The van der Waals surface area contributed by atoms with Crippen LogP contribution in [0.1, 0.15) is 36.5 Å². The van der Waals surface area contributed by atoms with Crippen LogP contribution >= 0.6 is 0 Å². The molecule has 0 atom stereocenters. The lowest BCUT2D eigenvalue weighted by atomic mass is 9.85. The summed E-state index contributed by atoms with van der Waals surface area (Å²) in [5.41, 5.74) is 12.3. The van der Waals surface area contributed by atoms with Crippen LogP contribution in [0.15, 0.2) is 12.3 Å². The van der Waals surface area contributed by atoms with Gasteiger partial charge in [-0.1, -0.05) is 6.42 Å². The molecule has 2 rings (SSSR count). The van der Waals surface area contributed by atoms with Crippen molar-refractivity contribution in [2.24, 2.45) is 11.7 Å². The van der Waals surface area contributed by atoms with Crippen LogP contribution in [0, 0.1) is 5.92 Å². The number of amides is 1. The van der Waals surface area contributed by atoms with Gasteiger partial charge in [-0.05, 0) is 31.7 Å². The van der Waals surface area contributed by atoms with Gasteiger partial charge in [0.25, 0.3) is 5.91 Å². The van der Waals surface area contributed by atoms with E-state index < -0.39 is 5.91 Å². The van der Waals surface area contributed by atoms with E-state index in [1.165, 1.54) is 19.3 Å². The molecule has 5 nitrogen and oxygen atoms in total. The molecule has 0 bridgehead atoms. The first-order chi connectivity index (χ1) is 8.61. The van der Waals surface area contributed by atoms with Gasteiger partial charge in [0.1, 0.15) is 5.82 Å². The number of anilines is 2. The Balaban J connectivity index is 2.25. The van der Waals surface area contributed by atoms with Crippen molar-refractivity contribution in [2.75, 3.05) is 23.7 Å². The average Bonchev–Trinajstić information content (AvgIpc) is 2.28. The number of pyridine rings is 1. The van der Waals surface area contributed by atoms with Crippen molar-refractivity contribution in [3.05, 3.63) is 17.8 Å². The lowest BCUT2D eigenvalue weighted by molar-refractivity contribution is 0.100. The number of rotatable bonds is 5. The van der Waals surface area contributed by atoms with E-state index in [4.69, 9.17) is 11.5 Å². The molecular formula is C13H20N4O. The molecule has 0 radical (unpaired) electrons. The van der Waals surface area contributed by atoms with E-state index in [-0.39, 0.29) is 0 Å². The van der Waals surface area contributed by atoms with Gasteiger partial charge >= 0.3 is 0 Å². The highest BCUT2D eigenvalue weighted by Gasteiger charge is 2.22. The van der Waals surface area contributed by atoms with E-state index in [9.17, 15) is 4.79 Å². The summed E-state index contributed by atoms with van der Waals surface area (Å²) in [5, 5.41) is 0. The van der Waals surface area contributed by atoms with Crippen molar-refractivity contribution in [3.63, 3.8) is 0 Å². The lowest BCUT2D eigenvalue weighted by Crippen LogP contribution is -2.34. The van der Waals surface area contributed by atoms with Crippen molar-refractivity contribution in [1.82, 2.24) is 4.98 Å². The van der Waals surface area contributed by atoms with Gasteiger partial charge in [-0.3, -0.25) is 4.79 Å². The van der Waals surface area contributed by atoms with Gasteiger partial charge in [0.15, 0.2) is 0 Å². The van der Waals surface area contributed by atoms with Crippen molar-refractivity contribution in [3.8, 4) is 0 Å². The van der Waals surface area contributed by atoms with Crippen LogP contribution in [0.2, 0.25) is 0 Å². The molecule has 0 saturated heterocycles. The summed E-state index contributed by atoms with van der Waals surface area (Å²) in [6, 6.07) is 1.56. The van der Waals surface area contributed by atoms with Crippen LogP contribution in [0.3, 0.4) is 0 Å². The fraction of sp³-hybridized carbons (Fsp3) is 0.538. The Hall–Kier alpha value is -1.78. The number of hydrogen-bond acceptors (Lipinski definition) is 4. The van der Waals surface area contributed by atoms with Gasteiger partial charge in [0.05, 0.1) is 17.4 Å². The highest BCUT2D eigenvalue weighted by atomic mass is 16.1. The quantitative estimate of drug-likeness (QED) is 0.824. The summed E-state index contributed by atoms with van der Waals surface area (Å²) in [7, 11) is 0. The molecule has 0 aromatic carbocycles. The second-order valence-electron chi connectivity index (χ2n) is 4.83. The van der Waals surface area contributed by atoms with Crippen LogP contribution in [-0.2, 0) is 0 Å². The fourth-order valence-corrected chi connectivity index (χ4v) is 2.30. The maximum absolute atomic E-state index is 11.5. The molecule has 5 heteroatoms. The zero-order valence-electron chi connectivity index (χ0n) is 10.7. The molecule has 1 aromatic heterocycles. The van der Waals surface area contributed by atoms with E-state index in [0.717, 1.165) is 24.7 Å². The van der Waals surface area contributed by atoms with E-state index in [2.05, 4.69) is 16.8 Å². The summed E-state index contributed by atoms with van der Waals surface area (Å²) < 4.78 is 0. The largest absolute Gasteiger partial charge is 0.384 e. The Morgan fingerprint density at radius 2 is 2.28 bits per heavy atom. The number of primary amides is 1. The topological polar surface area (TPSA) is 85.2 Å². The Bertz CT molecular complexity index is 443. The number of nitrogens with zero attached hydrogens (tertiary/aromatic N) is 2. The number of hydrogen-bond donors (Lipinski definition) is 2. The predicted molar refractivity (Wildman–Crippen MR) is 72.4 cm³/mol. The van der Waals surface area contributed by atoms with Gasteiger partial charge < -0.3 is 16.4 Å². The normalized spacial score (nSPS) is 15.2. The third kappa shape index (κ3) is 2.55. The van der Waals surface area contributed by atoms with Gasteiger partial charge in [-0.15, -0.1) is 0 Å². The first kappa shape index (κ1) is 12.7. The Kier molecular flexibility index (Phi) is 3.69. The minimum Gasteiger partial charge on any atom is -0.384 e. The van der Waals surface area contributed by atoms with E-state index in [0.29, 0.717) is 11.4 Å². The first-order valence-electron chi connectivity index (χ1n) is 6.42. The maximum Gasteiger partial charge on any atom is 0.251 e. The molecule has 1 aliphatic carbocycles. The average molecular weight is 248 g/mol. The highest BCUT2D eigenvalue weighted by Crippen LogP contribution is 2.30. The smallest absolute Gasteiger partial charge is 0.251 e. The summed E-state index contributed by atoms with van der Waals surface area (Å²) in [4.78, 5) is 17.7. The molecule has 1 saturated carbocycles. The van der Waals surface area contributed by atoms with Crippen LogP contribution in [0.25, 0.3) is 0 Å². The van der Waals surface area contributed by atoms with Crippen LogP contribution < -0.4 is 16.4 Å². The standard InChI is InChI=1S/C13H20N4O/c1-2-17(8-9-4-3-5-9)11-7-16-12(14)6-10(11)13(15)18/h6-7,9H,2-5,8H2,1H3,(H2,14,16)(H2,15,18). The molecule has 18 heavy (non-hydrogen) atoms. The molecule has 0 aliphatic heterocycles. The first-order valence-corrected chi connectivity index (χ1v) is 6.42. The molecule has 0 unspecified atom stereocenters. The molecule has 4 N–H and O–H groups in total. The Labute approximate surface area is 107 Å². The van der Waals surface area contributed by atoms with Crippen molar-refractivity contribution < 1.29 is 4.79 Å². The van der Waals surface area contributed by atoms with E-state index in [1.54, 1.807) is 12.3 Å². The van der Waals surface area contributed by atoms with Gasteiger partial charge in [-0.2, -0.15) is 0 Å². The molecule has 1 aromatic rings. The van der Waals surface area contributed by atoms with Crippen LogP contribution in [-0.4, -0.2) is 24.0 Å². The number of aromatic nitrogens is 1. The lowest BCUT2D eigenvalue weighted by Gasteiger charge is -2.33. The van der Waals surface area contributed by atoms with Gasteiger partial charge in [0.2, 0.25) is 0 Å². The fourth-order valence-electron chi connectivity index (χ4n) is 2.30. The van der Waals surface area contributed by atoms with Crippen LogP contribution in [0.5, 0.6) is 0 Å². The Morgan fingerprint density at radius 3 is 2.78 bits per heavy atom. The van der Waals surface area contributed by atoms with E-state index >= 15 is 0 Å². The van der Waals surface area contributed by atoms with Crippen LogP contribution in [0.4, 0.5) is 11.5 Å². The SMILES string of the molecule is CCN(CC1CCC1)c1cnc(N)cc1C(N)=O. The number of carbonyl (C=O) groups excluding carboxylic acids is 1. The molecule has 0 spiro atoms. The van der Waals surface area contributed by atoms with Crippen molar-refractivity contribution >= 4 is 17.4 Å². The summed E-state index contributed by atoms with van der Waals surface area (Å²) in [5.74, 6) is 0.599. The second kappa shape index (κ2) is 5.25. The molecule has 98 valence electrons. The van der Waals surface area contributed by atoms with Gasteiger partial charge in [-0.25, -0.2) is 4.98 Å². The minimum atomic E-state index is -0.453. The molecular weight excluding hydrogens is 228 g/mol. The molecule has 1 amide bonds. The summed E-state index contributed by atoms with van der Waals surface area (Å²) >= 11 is 0. The molecule has 1 heterocycles. The third-order valence-corrected chi connectivity index (χ3v) is 3.60. The third-order valence-electron chi connectivity index (χ3n) is 3.60. The summed E-state index contributed by atoms with van der Waals surface area (Å²) in [6.45, 7) is 3.87. The Morgan fingerprint density at radius 1 is 1.56 bits per heavy atom. The number of nitrogens with two attached hydrogens (primary N) is 2. The zero-order valence-corrected chi connectivity index (χ0v) is 10.7. The zero-order chi connectivity index (χ0) is 13.1. The van der Waals surface area contributed by atoms with Gasteiger partial charge in [0, 0.05) is 13.1 Å². The molecule has 1 aliphatic rings. The minimum absolute atomic E-state index is 0.326. The van der Waals surface area contributed by atoms with Crippen molar-refractivity contribution in [1.29, 1.82) is 0 Å². The second-order valence-corrected chi connectivity index (χ2v) is 4.83. The highest BCUT2D eigenvalue weighted by molar-refractivity contribution is 5.99. The maximum atomic E-state index is 11.5. The van der Waals surface area contributed by atoms with E-state index in [1.807, 2.05) is 0 Å². The summed E-state index contributed by atoms with van der Waals surface area (Å²) in [6.07, 6.45) is 5.50. The number of carbonyl (C=O) groups is 1. The van der Waals surface area contributed by atoms with Crippen molar-refractivity contribution in [2.45, 2.75) is 26.2 Å².